The predicted molar refractivity (Wildman–Crippen MR) is 91.5 cm³/mol. The summed E-state index contributed by atoms with van der Waals surface area (Å²) in [5, 5.41) is 5.08. The van der Waals surface area contributed by atoms with E-state index in [0.29, 0.717) is 5.76 Å². The molecule has 1 amide bonds. The van der Waals surface area contributed by atoms with Crippen LogP contribution in [0.25, 0.3) is 6.08 Å². The third-order valence-corrected chi connectivity index (χ3v) is 4.70. The summed E-state index contributed by atoms with van der Waals surface area (Å²) < 4.78 is 27.9. The smallest absolute Gasteiger partial charge is 0.246 e. The average molecular weight is 348 g/mol. The fourth-order valence-electron chi connectivity index (χ4n) is 2.16. The van der Waals surface area contributed by atoms with Crippen LogP contribution in [0, 0.1) is 6.92 Å². The largest absolute Gasteiger partial charge is 0.462 e. The van der Waals surface area contributed by atoms with E-state index in [1.165, 1.54) is 18.2 Å². The van der Waals surface area contributed by atoms with Crippen LogP contribution < -0.4 is 5.14 Å². The fraction of sp³-hybridized carbons (Fsp3) is 0.235. The van der Waals surface area contributed by atoms with Crippen molar-refractivity contribution in [1.82, 2.24) is 4.90 Å². The van der Waals surface area contributed by atoms with E-state index < -0.39 is 10.0 Å². The van der Waals surface area contributed by atoms with Gasteiger partial charge in [-0.1, -0.05) is 12.1 Å². The summed E-state index contributed by atoms with van der Waals surface area (Å²) in [5.41, 5.74) is 0.806. The molecule has 2 aromatic rings. The number of hydrogen-bond acceptors (Lipinski definition) is 4. The first-order valence-corrected chi connectivity index (χ1v) is 8.87. The molecule has 0 aliphatic heterocycles. The number of primary sulfonamides is 1. The van der Waals surface area contributed by atoms with Crippen LogP contribution in [0.4, 0.5) is 0 Å². The van der Waals surface area contributed by atoms with Crippen LogP contribution in [0.3, 0.4) is 0 Å². The maximum atomic E-state index is 12.2. The Bertz CT molecular complexity index is 851. The van der Waals surface area contributed by atoms with Gasteiger partial charge in [0.05, 0.1) is 10.9 Å². The maximum absolute atomic E-state index is 12.2. The molecule has 0 unspecified atom stereocenters. The highest BCUT2D eigenvalue weighted by Crippen LogP contribution is 2.21. The summed E-state index contributed by atoms with van der Waals surface area (Å²) in [6, 6.07) is 9.54. The number of benzene rings is 1. The molecule has 0 fully saturated rings. The number of carbonyl (C=O) groups is 1. The van der Waals surface area contributed by atoms with Gasteiger partial charge in [-0.3, -0.25) is 4.79 Å². The molecular formula is C17H20N2O4S. The van der Waals surface area contributed by atoms with Crippen molar-refractivity contribution in [3.05, 3.63) is 59.6 Å². The van der Waals surface area contributed by atoms with E-state index in [9.17, 15) is 13.2 Å². The Balaban J connectivity index is 2.09. The van der Waals surface area contributed by atoms with E-state index in [1.807, 2.05) is 19.9 Å². The second-order valence-electron chi connectivity index (χ2n) is 5.52. The molecule has 24 heavy (non-hydrogen) atoms. The van der Waals surface area contributed by atoms with Crippen LogP contribution in [0.1, 0.15) is 30.0 Å². The molecule has 0 bridgehead atoms. The highest BCUT2D eigenvalue weighted by atomic mass is 32.2. The third kappa shape index (κ3) is 4.33. The molecular weight excluding hydrogens is 328 g/mol. The van der Waals surface area contributed by atoms with Crippen molar-refractivity contribution in [2.75, 3.05) is 7.05 Å². The number of nitrogens with zero attached hydrogens (tertiary/aromatic N) is 1. The van der Waals surface area contributed by atoms with Crippen molar-refractivity contribution < 1.29 is 17.6 Å². The summed E-state index contributed by atoms with van der Waals surface area (Å²) in [6.07, 6.45) is 3.05. The van der Waals surface area contributed by atoms with Gasteiger partial charge < -0.3 is 9.32 Å². The molecule has 1 heterocycles. The number of carbonyl (C=O) groups excluding carboxylic acids is 1. The monoisotopic (exact) mass is 348 g/mol. The Morgan fingerprint density at radius 2 is 1.83 bits per heavy atom. The van der Waals surface area contributed by atoms with E-state index in [2.05, 4.69) is 0 Å². The third-order valence-electron chi connectivity index (χ3n) is 3.77. The molecule has 0 spiro atoms. The molecule has 128 valence electrons. The normalized spacial score (nSPS) is 13.2. The van der Waals surface area contributed by atoms with Gasteiger partial charge in [-0.2, -0.15) is 0 Å². The van der Waals surface area contributed by atoms with Gasteiger partial charge in [0.25, 0.3) is 0 Å². The molecule has 7 heteroatoms. The minimum atomic E-state index is -3.72. The van der Waals surface area contributed by atoms with Crippen LogP contribution >= 0.6 is 0 Å². The Kier molecular flexibility index (Phi) is 5.26. The molecule has 0 aliphatic rings. The van der Waals surface area contributed by atoms with Gasteiger partial charge >= 0.3 is 0 Å². The number of nitrogens with two attached hydrogens (primary N) is 1. The van der Waals surface area contributed by atoms with Crippen molar-refractivity contribution in [3.63, 3.8) is 0 Å². The van der Waals surface area contributed by atoms with Gasteiger partial charge in [-0.15, -0.1) is 0 Å². The first-order chi connectivity index (χ1) is 11.2. The second-order valence-corrected chi connectivity index (χ2v) is 7.08. The average Bonchev–Trinajstić information content (AvgIpc) is 2.96. The molecule has 6 nitrogen and oxygen atoms in total. The van der Waals surface area contributed by atoms with Gasteiger partial charge in [0.15, 0.2) is 0 Å². The second kappa shape index (κ2) is 7.02. The van der Waals surface area contributed by atoms with Crippen LogP contribution in [0.5, 0.6) is 0 Å². The van der Waals surface area contributed by atoms with Gasteiger partial charge in [-0.25, -0.2) is 13.6 Å². The lowest BCUT2D eigenvalue weighted by atomic mass is 10.1. The maximum Gasteiger partial charge on any atom is 0.246 e. The predicted octanol–water partition coefficient (Wildman–Crippen LogP) is 2.47. The molecule has 2 N–H and O–H groups in total. The van der Waals surface area contributed by atoms with Crippen LogP contribution in [-0.2, 0) is 14.8 Å². The summed E-state index contributed by atoms with van der Waals surface area (Å²) in [4.78, 5) is 13.8. The Morgan fingerprint density at radius 3 is 2.33 bits per heavy atom. The van der Waals surface area contributed by atoms with E-state index in [-0.39, 0.29) is 16.8 Å². The summed E-state index contributed by atoms with van der Waals surface area (Å²) in [7, 11) is -2.04. The first kappa shape index (κ1) is 18.0. The van der Waals surface area contributed by atoms with Gasteiger partial charge in [-0.05, 0) is 49.8 Å². The number of furan rings is 1. The molecule has 1 atom stereocenters. The molecule has 0 aliphatic carbocycles. The number of aryl methyl sites for hydroxylation is 1. The summed E-state index contributed by atoms with van der Waals surface area (Å²) >= 11 is 0. The Labute approximate surface area is 141 Å². The van der Waals surface area contributed by atoms with Crippen molar-refractivity contribution >= 4 is 22.0 Å². The van der Waals surface area contributed by atoms with Crippen molar-refractivity contribution in [2.24, 2.45) is 5.14 Å². The number of likely N-dealkylation sites (N-methyl/N-ethyl adjacent to an activating group) is 1. The molecule has 1 aromatic carbocycles. The lowest BCUT2D eigenvalue weighted by Gasteiger charge is -2.24. The highest BCUT2D eigenvalue weighted by Gasteiger charge is 2.16. The van der Waals surface area contributed by atoms with E-state index in [0.717, 1.165) is 11.3 Å². The molecule has 0 saturated heterocycles. The summed E-state index contributed by atoms with van der Waals surface area (Å²) in [5.74, 6) is 1.20. The lowest BCUT2D eigenvalue weighted by molar-refractivity contribution is -0.126. The summed E-state index contributed by atoms with van der Waals surface area (Å²) in [6.45, 7) is 3.69. The Morgan fingerprint density at radius 1 is 1.21 bits per heavy atom. The topological polar surface area (TPSA) is 93.6 Å². The van der Waals surface area contributed by atoms with Crippen molar-refractivity contribution in [3.8, 4) is 0 Å². The molecule has 1 aromatic heterocycles. The van der Waals surface area contributed by atoms with Crippen LogP contribution in [-0.4, -0.2) is 26.3 Å². The number of hydrogen-bond donors (Lipinski definition) is 1. The zero-order chi connectivity index (χ0) is 17.9. The number of rotatable bonds is 5. The van der Waals surface area contributed by atoms with E-state index in [4.69, 9.17) is 9.56 Å². The van der Waals surface area contributed by atoms with Gasteiger partial charge in [0.2, 0.25) is 15.9 Å². The number of sulfonamides is 1. The lowest BCUT2D eigenvalue weighted by Crippen LogP contribution is -2.28. The number of amides is 1. The molecule has 2 rings (SSSR count). The van der Waals surface area contributed by atoms with Crippen LogP contribution in [0.15, 0.2) is 51.8 Å². The minimum Gasteiger partial charge on any atom is -0.462 e. The zero-order valence-electron chi connectivity index (χ0n) is 13.8. The SMILES string of the molecule is Cc1ccc(/C=C/C(=O)N(C)[C@@H](C)c2ccc(S(N)(=O)=O)cc2)o1. The standard InChI is InChI=1S/C17H20N2O4S/c1-12-4-7-15(23-12)8-11-17(20)19(3)13(2)14-5-9-16(10-6-14)24(18,21)22/h4-11,13H,1-3H3,(H2,18,21,22)/b11-8+/t13-/m0/s1. The molecule has 0 saturated carbocycles. The fourth-order valence-corrected chi connectivity index (χ4v) is 2.68. The minimum absolute atomic E-state index is 0.0421. The van der Waals surface area contributed by atoms with Gasteiger partial charge in [0, 0.05) is 13.1 Å². The first-order valence-electron chi connectivity index (χ1n) is 7.32. The van der Waals surface area contributed by atoms with Gasteiger partial charge in [0.1, 0.15) is 11.5 Å². The quantitative estimate of drug-likeness (QED) is 0.840. The van der Waals surface area contributed by atoms with E-state index in [1.54, 1.807) is 36.2 Å². The zero-order valence-corrected chi connectivity index (χ0v) is 14.6. The highest BCUT2D eigenvalue weighted by molar-refractivity contribution is 7.89. The molecule has 0 radical (unpaired) electrons. The van der Waals surface area contributed by atoms with Crippen molar-refractivity contribution in [1.29, 1.82) is 0 Å². The van der Waals surface area contributed by atoms with Crippen molar-refractivity contribution in [2.45, 2.75) is 24.8 Å². The van der Waals surface area contributed by atoms with Crippen LogP contribution in [0.2, 0.25) is 0 Å². The Hall–Kier alpha value is -2.38. The van der Waals surface area contributed by atoms with E-state index >= 15 is 0 Å².